The Morgan fingerprint density at radius 1 is 1.14 bits per heavy atom. The highest BCUT2D eigenvalue weighted by atomic mass is 31.2. The molecule has 0 aliphatic carbocycles. The molecule has 21 heavy (non-hydrogen) atoms. The van der Waals surface area contributed by atoms with Crippen molar-refractivity contribution in [2.45, 2.75) is 26.7 Å². The van der Waals surface area contributed by atoms with Crippen molar-refractivity contribution < 1.29 is 8.98 Å². The molecule has 2 rings (SSSR count). The van der Waals surface area contributed by atoms with Gasteiger partial charge >= 0.3 is 0 Å². The quantitative estimate of drug-likeness (QED) is 0.779. The topological polar surface area (TPSA) is 55.1 Å². The summed E-state index contributed by atoms with van der Waals surface area (Å²) in [6.07, 6.45) is 3.12. The van der Waals surface area contributed by atoms with E-state index in [1.165, 1.54) is 0 Å². The van der Waals surface area contributed by atoms with E-state index in [0.717, 1.165) is 18.4 Å². The van der Waals surface area contributed by atoms with Crippen LogP contribution in [-0.4, -0.2) is 24.4 Å². The zero-order chi connectivity index (χ0) is 15.3. The van der Waals surface area contributed by atoms with E-state index in [9.17, 15) is 4.57 Å². The minimum Gasteiger partial charge on any atom is -0.420 e. The second kappa shape index (κ2) is 6.95. The lowest BCUT2D eigenvalue weighted by Gasteiger charge is -2.14. The molecule has 0 atom stereocenters. The summed E-state index contributed by atoms with van der Waals surface area (Å²) in [5, 5.41) is 3.01. The highest BCUT2D eigenvalue weighted by Crippen LogP contribution is 2.47. The summed E-state index contributed by atoms with van der Waals surface area (Å²) in [4.78, 5) is 4.57. The Balaban J connectivity index is 2.48. The summed E-state index contributed by atoms with van der Waals surface area (Å²) in [5.74, 6) is 1.07. The molecule has 0 bridgehead atoms. The summed E-state index contributed by atoms with van der Waals surface area (Å²) in [6, 6.07) is 9.72. The second-order valence-electron chi connectivity index (χ2n) is 5.12. The summed E-state index contributed by atoms with van der Waals surface area (Å²) in [5.41, 5.74) is 1.52. The van der Waals surface area contributed by atoms with Gasteiger partial charge < -0.3 is 14.3 Å². The molecule has 1 heterocycles. The van der Waals surface area contributed by atoms with Gasteiger partial charge in [-0.3, -0.25) is 0 Å². The summed E-state index contributed by atoms with van der Waals surface area (Å²) < 4.78 is 19.1. The van der Waals surface area contributed by atoms with Gasteiger partial charge in [0.1, 0.15) is 7.14 Å². The smallest absolute Gasteiger partial charge is 0.229 e. The fourth-order valence-corrected chi connectivity index (χ4v) is 5.39. The van der Waals surface area contributed by atoms with Gasteiger partial charge in [-0.1, -0.05) is 32.0 Å². The van der Waals surface area contributed by atoms with E-state index < -0.39 is 7.14 Å². The average Bonchev–Trinajstić information content (AvgIpc) is 2.94. The first-order valence-electron chi connectivity index (χ1n) is 7.47. The number of rotatable bonds is 7. The average molecular weight is 306 g/mol. The third-order valence-corrected chi connectivity index (χ3v) is 6.83. The van der Waals surface area contributed by atoms with Crippen molar-refractivity contribution in [1.29, 1.82) is 0 Å². The van der Waals surface area contributed by atoms with Gasteiger partial charge in [-0.05, 0) is 25.0 Å². The number of hydrogen-bond donors (Lipinski definition) is 1. The maximum absolute atomic E-state index is 13.3. The third kappa shape index (κ3) is 3.38. The fourth-order valence-electron chi connectivity index (χ4n) is 2.50. The van der Waals surface area contributed by atoms with E-state index >= 15 is 0 Å². The largest absolute Gasteiger partial charge is 0.420 e. The molecule has 0 spiro atoms. The van der Waals surface area contributed by atoms with E-state index in [0.29, 0.717) is 29.5 Å². The highest BCUT2D eigenvalue weighted by Gasteiger charge is 2.31. The van der Waals surface area contributed by atoms with Crippen molar-refractivity contribution in [2.24, 2.45) is 0 Å². The van der Waals surface area contributed by atoms with Crippen molar-refractivity contribution in [1.82, 2.24) is 4.98 Å². The van der Waals surface area contributed by atoms with Gasteiger partial charge in [-0.15, -0.1) is 0 Å². The lowest BCUT2D eigenvalue weighted by molar-refractivity contribution is 0.577. The minimum absolute atomic E-state index is 0.530. The molecule has 2 aromatic rings. The summed E-state index contributed by atoms with van der Waals surface area (Å²) >= 11 is 0. The monoisotopic (exact) mass is 306 g/mol. The predicted octanol–water partition coefficient (Wildman–Crippen LogP) is 4.19. The molecular weight excluding hydrogens is 283 g/mol. The summed E-state index contributed by atoms with van der Waals surface area (Å²) in [7, 11) is -0.714. The number of nitrogens with zero attached hydrogens (tertiary/aromatic N) is 1. The Morgan fingerprint density at radius 2 is 1.76 bits per heavy atom. The maximum atomic E-state index is 13.3. The van der Waals surface area contributed by atoms with Crippen LogP contribution in [0.5, 0.6) is 0 Å². The van der Waals surface area contributed by atoms with Crippen LogP contribution in [0.3, 0.4) is 0 Å². The lowest BCUT2D eigenvalue weighted by Crippen LogP contribution is -2.15. The fraction of sp³-hybridized carbons (Fsp3) is 0.438. The van der Waals surface area contributed by atoms with Crippen LogP contribution in [0.15, 0.2) is 34.7 Å². The number of oxazole rings is 1. The number of aromatic nitrogens is 1. The van der Waals surface area contributed by atoms with E-state index in [-0.39, 0.29) is 0 Å². The van der Waals surface area contributed by atoms with Crippen LogP contribution in [0, 0.1) is 0 Å². The Kier molecular flexibility index (Phi) is 5.24. The third-order valence-electron chi connectivity index (χ3n) is 3.41. The standard InChI is InChI=1S/C16H23N2O2P/c1-4-11-21(19,12-5-2)16-15(17-3)20-14(18-16)13-9-7-6-8-10-13/h6-10,17H,4-5,11-12H2,1-3H3. The van der Waals surface area contributed by atoms with Gasteiger partial charge in [0, 0.05) is 24.9 Å². The molecular formula is C16H23N2O2P. The first-order chi connectivity index (χ1) is 10.1. The summed E-state index contributed by atoms with van der Waals surface area (Å²) in [6.45, 7) is 4.11. The SMILES string of the molecule is CCCP(=O)(CCC)c1nc(-c2ccccc2)oc1NC. The molecule has 1 aromatic heterocycles. The number of nitrogens with one attached hydrogen (secondary N) is 1. The Bertz CT molecular complexity index is 612. The molecule has 1 aromatic carbocycles. The first kappa shape index (κ1) is 15.8. The van der Waals surface area contributed by atoms with Crippen LogP contribution in [0.25, 0.3) is 11.5 Å². The molecule has 0 aliphatic rings. The lowest BCUT2D eigenvalue weighted by atomic mass is 10.2. The van der Waals surface area contributed by atoms with Crippen molar-refractivity contribution in [3.63, 3.8) is 0 Å². The highest BCUT2D eigenvalue weighted by molar-refractivity contribution is 7.71. The van der Waals surface area contributed by atoms with E-state index in [1.807, 2.05) is 30.3 Å². The van der Waals surface area contributed by atoms with Crippen LogP contribution in [0.4, 0.5) is 5.88 Å². The molecule has 0 saturated carbocycles. The minimum atomic E-state index is -2.49. The molecule has 0 unspecified atom stereocenters. The van der Waals surface area contributed by atoms with Gasteiger partial charge in [0.15, 0.2) is 5.44 Å². The van der Waals surface area contributed by atoms with Crippen LogP contribution in [0.1, 0.15) is 26.7 Å². The van der Waals surface area contributed by atoms with Gasteiger partial charge in [-0.25, -0.2) is 4.98 Å². The van der Waals surface area contributed by atoms with Crippen molar-refractivity contribution in [3.8, 4) is 11.5 Å². The molecule has 0 fully saturated rings. The Morgan fingerprint density at radius 3 is 2.29 bits per heavy atom. The number of benzene rings is 1. The Labute approximate surface area is 126 Å². The second-order valence-corrected chi connectivity index (χ2v) is 8.22. The van der Waals surface area contributed by atoms with Gasteiger partial charge in [0.2, 0.25) is 11.8 Å². The van der Waals surface area contributed by atoms with Crippen molar-refractivity contribution >= 4 is 18.5 Å². The first-order valence-corrected chi connectivity index (χ1v) is 9.55. The Hall–Kier alpha value is -1.54. The zero-order valence-corrected chi connectivity index (χ0v) is 13.8. The van der Waals surface area contributed by atoms with E-state index in [1.54, 1.807) is 7.05 Å². The molecule has 1 N–H and O–H groups in total. The van der Waals surface area contributed by atoms with Gasteiger partial charge in [0.05, 0.1) is 0 Å². The van der Waals surface area contributed by atoms with Crippen molar-refractivity contribution in [2.75, 3.05) is 24.7 Å². The van der Waals surface area contributed by atoms with Gasteiger partial charge in [0.25, 0.3) is 0 Å². The zero-order valence-electron chi connectivity index (χ0n) is 12.9. The molecule has 0 saturated heterocycles. The molecule has 0 radical (unpaired) electrons. The normalized spacial score (nSPS) is 11.6. The molecule has 5 heteroatoms. The van der Waals surface area contributed by atoms with Crippen LogP contribution in [0.2, 0.25) is 0 Å². The molecule has 0 amide bonds. The van der Waals surface area contributed by atoms with E-state index in [4.69, 9.17) is 4.42 Å². The van der Waals surface area contributed by atoms with Crippen LogP contribution >= 0.6 is 7.14 Å². The molecule has 114 valence electrons. The van der Waals surface area contributed by atoms with Gasteiger partial charge in [-0.2, -0.15) is 0 Å². The number of hydrogen-bond acceptors (Lipinski definition) is 4. The van der Waals surface area contributed by atoms with E-state index in [2.05, 4.69) is 24.1 Å². The van der Waals surface area contributed by atoms with Crippen LogP contribution < -0.4 is 10.8 Å². The molecule has 0 aliphatic heterocycles. The maximum Gasteiger partial charge on any atom is 0.229 e. The van der Waals surface area contributed by atoms with Crippen molar-refractivity contribution in [3.05, 3.63) is 30.3 Å². The number of anilines is 1. The predicted molar refractivity (Wildman–Crippen MR) is 89.0 cm³/mol. The van der Waals surface area contributed by atoms with Crippen LogP contribution in [-0.2, 0) is 4.57 Å². The molecule has 4 nitrogen and oxygen atoms in total.